The number of aliphatic carboxylic acids is 2. The molecule has 0 aromatic carbocycles. The van der Waals surface area contributed by atoms with E-state index < -0.39 is 11.9 Å². The Morgan fingerprint density at radius 2 is 0.880 bits per heavy atom. The standard InChI is InChI=1S/2C10H20O2.Pb/c2*1-10(2,3)8-6-4-5-7-9(11)12;/h2*4-8H2,1-3H3,(H,11,12);/q;;+2/p-2. The largest absolute Gasteiger partial charge is 2.00 e. The molecule has 0 rings (SSSR count). The molecule has 0 aromatic heterocycles. The van der Waals surface area contributed by atoms with Crippen molar-refractivity contribution in [3.63, 3.8) is 0 Å². The molecule has 4 nitrogen and oxygen atoms in total. The van der Waals surface area contributed by atoms with Crippen molar-refractivity contribution in [2.45, 2.75) is 106 Å². The van der Waals surface area contributed by atoms with E-state index >= 15 is 0 Å². The van der Waals surface area contributed by atoms with Crippen LogP contribution in [0.1, 0.15) is 106 Å². The summed E-state index contributed by atoms with van der Waals surface area (Å²) >= 11 is 0. The fraction of sp³-hybridized carbons (Fsp3) is 0.900. The number of rotatable bonds is 10. The Labute approximate surface area is 175 Å². The molecule has 0 saturated heterocycles. The van der Waals surface area contributed by atoms with Crippen LogP contribution in [0, 0.1) is 10.8 Å². The molecule has 0 aromatic rings. The quantitative estimate of drug-likeness (QED) is 0.310. The molecule has 2 radical (unpaired) electrons. The van der Waals surface area contributed by atoms with Gasteiger partial charge in [-0.3, -0.25) is 0 Å². The summed E-state index contributed by atoms with van der Waals surface area (Å²) < 4.78 is 0. The summed E-state index contributed by atoms with van der Waals surface area (Å²) in [5.74, 6) is -1.85. The van der Waals surface area contributed by atoms with E-state index in [1.54, 1.807) is 0 Å². The van der Waals surface area contributed by atoms with E-state index in [0.29, 0.717) is 10.8 Å². The van der Waals surface area contributed by atoms with Crippen molar-refractivity contribution in [2.24, 2.45) is 10.8 Å². The summed E-state index contributed by atoms with van der Waals surface area (Å²) in [6.45, 7) is 13.2. The predicted molar refractivity (Wildman–Crippen MR) is 101 cm³/mol. The van der Waals surface area contributed by atoms with Crippen LogP contribution >= 0.6 is 0 Å². The zero-order chi connectivity index (χ0) is 19.2. The molecule has 0 aliphatic heterocycles. The van der Waals surface area contributed by atoms with Gasteiger partial charge in [-0.1, -0.05) is 67.2 Å². The van der Waals surface area contributed by atoms with E-state index in [9.17, 15) is 19.8 Å². The fourth-order valence-corrected chi connectivity index (χ4v) is 2.20. The molecular formula is C20H38O4Pb. The first kappa shape index (κ1) is 29.6. The first-order valence-corrected chi connectivity index (χ1v) is 9.23. The van der Waals surface area contributed by atoms with Crippen LogP contribution in [0.2, 0.25) is 0 Å². The SMILES string of the molecule is CC(C)(C)CCCCCC(=O)[O-].CC(C)(C)CCCCCC(=O)[O-].[Pb+2]. The van der Waals surface area contributed by atoms with Crippen molar-refractivity contribution >= 4 is 39.2 Å². The van der Waals surface area contributed by atoms with Gasteiger partial charge in [-0.25, -0.2) is 0 Å². The van der Waals surface area contributed by atoms with Crippen LogP contribution in [0.25, 0.3) is 0 Å². The normalized spacial score (nSPS) is 11.1. The zero-order valence-corrected chi connectivity index (χ0v) is 21.1. The molecule has 0 aliphatic carbocycles. The average Bonchev–Trinajstić information content (AvgIpc) is 2.35. The van der Waals surface area contributed by atoms with E-state index in [2.05, 4.69) is 41.5 Å². The van der Waals surface area contributed by atoms with Crippen LogP contribution in [0.3, 0.4) is 0 Å². The monoisotopic (exact) mass is 550 g/mol. The average molecular weight is 550 g/mol. The second-order valence-corrected chi connectivity index (χ2v) is 8.99. The Morgan fingerprint density at radius 3 is 1.08 bits per heavy atom. The van der Waals surface area contributed by atoms with Crippen LogP contribution in [0.4, 0.5) is 0 Å². The zero-order valence-electron chi connectivity index (χ0n) is 17.2. The van der Waals surface area contributed by atoms with Gasteiger partial charge in [0.25, 0.3) is 0 Å². The van der Waals surface area contributed by atoms with E-state index in [4.69, 9.17) is 0 Å². The summed E-state index contributed by atoms with van der Waals surface area (Å²) in [5.41, 5.74) is 0.753. The van der Waals surface area contributed by atoms with Crippen LogP contribution in [-0.2, 0) is 9.59 Å². The van der Waals surface area contributed by atoms with E-state index in [1.165, 1.54) is 12.8 Å². The third-order valence-corrected chi connectivity index (χ3v) is 3.62. The van der Waals surface area contributed by atoms with E-state index in [0.717, 1.165) is 38.5 Å². The maximum Gasteiger partial charge on any atom is 2.00 e. The molecule has 0 spiro atoms. The maximum absolute atomic E-state index is 10.0. The van der Waals surface area contributed by atoms with Crippen LogP contribution in [-0.4, -0.2) is 39.2 Å². The van der Waals surface area contributed by atoms with Gasteiger partial charge in [0.1, 0.15) is 0 Å². The summed E-state index contributed by atoms with van der Waals surface area (Å²) in [5, 5.41) is 20.1. The second kappa shape index (κ2) is 16.1. The van der Waals surface area contributed by atoms with Crippen molar-refractivity contribution in [3.8, 4) is 0 Å². The molecule has 0 amide bonds. The summed E-state index contributed by atoms with van der Waals surface area (Å²) in [4.78, 5) is 20.1. The van der Waals surface area contributed by atoms with E-state index in [1.807, 2.05) is 0 Å². The topological polar surface area (TPSA) is 80.3 Å². The molecule has 0 bridgehead atoms. The van der Waals surface area contributed by atoms with Crippen LogP contribution in [0.5, 0.6) is 0 Å². The molecular weight excluding hydrogens is 511 g/mol. The smallest absolute Gasteiger partial charge is 0.550 e. The molecule has 5 heteroatoms. The fourth-order valence-electron chi connectivity index (χ4n) is 2.20. The van der Waals surface area contributed by atoms with Crippen molar-refractivity contribution < 1.29 is 19.8 Å². The minimum absolute atomic E-state index is 0. The summed E-state index contributed by atoms with van der Waals surface area (Å²) in [6.07, 6.45) is 8.54. The van der Waals surface area contributed by atoms with Gasteiger partial charge >= 0.3 is 27.3 Å². The van der Waals surface area contributed by atoms with E-state index in [-0.39, 0.29) is 40.1 Å². The Bertz CT molecular complexity index is 307. The Balaban J connectivity index is -0.000000372. The molecule has 0 unspecified atom stereocenters. The molecule has 25 heavy (non-hydrogen) atoms. The van der Waals surface area contributed by atoms with Crippen molar-refractivity contribution in [1.29, 1.82) is 0 Å². The van der Waals surface area contributed by atoms with Crippen molar-refractivity contribution in [1.82, 2.24) is 0 Å². The molecule has 146 valence electrons. The molecule has 0 fully saturated rings. The van der Waals surface area contributed by atoms with Gasteiger partial charge in [0.05, 0.1) is 0 Å². The van der Waals surface area contributed by atoms with Gasteiger partial charge in [0.15, 0.2) is 0 Å². The molecule has 0 N–H and O–H groups in total. The molecule has 0 atom stereocenters. The molecule has 0 saturated carbocycles. The number of carboxylic acids is 2. The van der Waals surface area contributed by atoms with Crippen molar-refractivity contribution in [2.75, 3.05) is 0 Å². The third kappa shape index (κ3) is 35.7. The van der Waals surface area contributed by atoms with Gasteiger partial charge in [-0.2, -0.15) is 0 Å². The number of hydrogen-bond donors (Lipinski definition) is 0. The number of carbonyl (C=O) groups excluding carboxylic acids is 2. The third-order valence-electron chi connectivity index (χ3n) is 3.62. The van der Waals surface area contributed by atoms with Gasteiger partial charge in [-0.15, -0.1) is 0 Å². The molecule has 0 heterocycles. The number of hydrogen-bond acceptors (Lipinski definition) is 4. The minimum Gasteiger partial charge on any atom is -0.550 e. The van der Waals surface area contributed by atoms with Crippen LogP contribution in [0.15, 0.2) is 0 Å². The van der Waals surface area contributed by atoms with Crippen LogP contribution < -0.4 is 10.2 Å². The number of carboxylic acid groups (broad SMARTS) is 2. The van der Waals surface area contributed by atoms with Gasteiger partial charge in [-0.05, 0) is 49.4 Å². The van der Waals surface area contributed by atoms with Gasteiger partial charge < -0.3 is 19.8 Å². The first-order chi connectivity index (χ1) is 10.8. The predicted octanol–water partition coefficient (Wildman–Crippen LogP) is 3.09. The number of unbranched alkanes of at least 4 members (excludes halogenated alkanes) is 4. The number of carbonyl (C=O) groups is 2. The Morgan fingerprint density at radius 1 is 0.600 bits per heavy atom. The van der Waals surface area contributed by atoms with Gasteiger partial charge in [0.2, 0.25) is 0 Å². The van der Waals surface area contributed by atoms with Crippen molar-refractivity contribution in [3.05, 3.63) is 0 Å². The first-order valence-electron chi connectivity index (χ1n) is 9.23. The Hall–Kier alpha value is -0.138. The summed E-state index contributed by atoms with van der Waals surface area (Å²) in [6, 6.07) is 0. The molecule has 0 aliphatic rings. The van der Waals surface area contributed by atoms with Gasteiger partial charge in [0, 0.05) is 11.9 Å². The second-order valence-electron chi connectivity index (χ2n) is 8.99. The minimum atomic E-state index is -0.925. The Kier molecular flexibility index (Phi) is 19.0. The summed E-state index contributed by atoms with van der Waals surface area (Å²) in [7, 11) is 0. The maximum atomic E-state index is 10.0.